The maximum Gasteiger partial charge on any atom is 0.417 e. The van der Waals surface area contributed by atoms with E-state index in [9.17, 15) is 22.8 Å². The van der Waals surface area contributed by atoms with Gasteiger partial charge in [-0.1, -0.05) is 29.8 Å². The zero-order valence-electron chi connectivity index (χ0n) is 12.4. The minimum Gasteiger partial charge on any atom is -0.360 e. The van der Waals surface area contributed by atoms with Gasteiger partial charge in [0.05, 0.1) is 16.1 Å². The minimum atomic E-state index is -4.67. The largest absolute Gasteiger partial charge is 0.417 e. The molecule has 0 aliphatic carbocycles. The van der Waals surface area contributed by atoms with E-state index in [2.05, 4.69) is 10.3 Å². The molecule has 3 rings (SSSR count). The molecule has 0 bridgehead atoms. The third kappa shape index (κ3) is 3.36. The Kier molecular flexibility index (Phi) is 4.26. The molecule has 0 unspecified atom stereocenters. The normalized spacial score (nSPS) is 11.5. The Labute approximate surface area is 144 Å². The van der Waals surface area contributed by atoms with Crippen LogP contribution in [-0.4, -0.2) is 16.7 Å². The predicted molar refractivity (Wildman–Crippen MR) is 87.7 cm³/mol. The second-order valence-corrected chi connectivity index (χ2v) is 5.63. The fraction of sp³-hybridized carbons (Fsp3) is 0.0588. The molecular weight excluding hydrogens is 357 g/mol. The van der Waals surface area contributed by atoms with Crippen molar-refractivity contribution in [3.8, 4) is 0 Å². The third-order valence-electron chi connectivity index (χ3n) is 3.57. The first-order valence-electron chi connectivity index (χ1n) is 7.06. The Morgan fingerprint density at radius 1 is 1.08 bits per heavy atom. The van der Waals surface area contributed by atoms with Crippen LogP contribution in [-0.2, 0) is 11.0 Å². The number of alkyl halides is 3. The molecule has 0 atom stereocenters. The van der Waals surface area contributed by atoms with Gasteiger partial charge in [-0.25, -0.2) is 0 Å². The number of aromatic amines is 1. The number of ketones is 1. The molecule has 0 spiro atoms. The number of rotatable bonds is 3. The summed E-state index contributed by atoms with van der Waals surface area (Å²) in [5.41, 5.74) is -0.455. The number of carbonyl (C=O) groups is 2. The number of hydrogen-bond donors (Lipinski definition) is 2. The van der Waals surface area contributed by atoms with E-state index in [1.807, 2.05) is 0 Å². The summed E-state index contributed by atoms with van der Waals surface area (Å²) in [5.74, 6) is -1.90. The molecule has 4 nitrogen and oxygen atoms in total. The molecule has 0 saturated heterocycles. The Morgan fingerprint density at radius 3 is 2.52 bits per heavy atom. The van der Waals surface area contributed by atoms with Gasteiger partial charge in [-0.2, -0.15) is 13.2 Å². The minimum absolute atomic E-state index is 0.137. The molecule has 0 saturated carbocycles. The summed E-state index contributed by atoms with van der Waals surface area (Å²) in [6.45, 7) is 0. The van der Waals surface area contributed by atoms with Gasteiger partial charge in [0.2, 0.25) is 0 Å². The van der Waals surface area contributed by atoms with Crippen LogP contribution in [0.4, 0.5) is 18.9 Å². The van der Waals surface area contributed by atoms with Gasteiger partial charge in [0.25, 0.3) is 11.7 Å². The Morgan fingerprint density at radius 2 is 1.80 bits per heavy atom. The van der Waals surface area contributed by atoms with Gasteiger partial charge in [0, 0.05) is 22.8 Å². The number of benzene rings is 2. The molecule has 0 aliphatic heterocycles. The number of halogens is 4. The molecule has 3 aromatic rings. The van der Waals surface area contributed by atoms with E-state index in [-0.39, 0.29) is 11.3 Å². The van der Waals surface area contributed by atoms with Gasteiger partial charge in [-0.15, -0.1) is 0 Å². The highest BCUT2D eigenvalue weighted by Crippen LogP contribution is 2.36. The van der Waals surface area contributed by atoms with Crippen molar-refractivity contribution in [1.82, 2.24) is 4.98 Å². The number of H-pyrrole nitrogens is 1. The van der Waals surface area contributed by atoms with Crippen molar-refractivity contribution in [2.45, 2.75) is 6.18 Å². The van der Waals surface area contributed by atoms with Crippen molar-refractivity contribution >= 4 is 39.9 Å². The number of Topliss-reactive ketones (excluding diaryl/α,β-unsaturated/α-hetero) is 1. The number of para-hydroxylation sites is 1. The predicted octanol–water partition coefficient (Wildman–Crippen LogP) is 4.66. The van der Waals surface area contributed by atoms with Gasteiger partial charge in [-0.05, 0) is 24.3 Å². The van der Waals surface area contributed by atoms with Crippen LogP contribution in [0.25, 0.3) is 10.9 Å². The zero-order valence-corrected chi connectivity index (χ0v) is 13.2. The SMILES string of the molecule is O=C(Nc1ccc(Cl)c(C(F)(F)F)c1)C(=O)c1c[nH]c2ccccc12. The third-order valence-corrected chi connectivity index (χ3v) is 3.90. The van der Waals surface area contributed by atoms with Gasteiger partial charge >= 0.3 is 6.18 Å². The first-order chi connectivity index (χ1) is 11.8. The van der Waals surface area contributed by atoms with Crippen LogP contribution in [0, 0.1) is 0 Å². The number of fused-ring (bicyclic) bond motifs is 1. The number of amides is 1. The average Bonchev–Trinajstić information content (AvgIpc) is 2.99. The van der Waals surface area contributed by atoms with E-state index in [0.29, 0.717) is 17.0 Å². The van der Waals surface area contributed by atoms with Crippen LogP contribution in [0.5, 0.6) is 0 Å². The summed E-state index contributed by atoms with van der Waals surface area (Å²) < 4.78 is 38.6. The van der Waals surface area contributed by atoms with E-state index in [1.165, 1.54) is 12.3 Å². The number of hydrogen-bond acceptors (Lipinski definition) is 2. The van der Waals surface area contributed by atoms with Crippen LogP contribution >= 0.6 is 11.6 Å². The van der Waals surface area contributed by atoms with Crippen molar-refractivity contribution < 1.29 is 22.8 Å². The van der Waals surface area contributed by atoms with E-state index < -0.39 is 28.5 Å². The number of anilines is 1. The smallest absolute Gasteiger partial charge is 0.360 e. The molecule has 2 N–H and O–H groups in total. The first kappa shape index (κ1) is 17.0. The van der Waals surface area contributed by atoms with Gasteiger partial charge in [0.15, 0.2) is 0 Å². The molecule has 1 amide bonds. The summed E-state index contributed by atoms with van der Waals surface area (Å²) in [6.07, 6.45) is -3.28. The van der Waals surface area contributed by atoms with E-state index in [1.54, 1.807) is 24.3 Å². The average molecular weight is 367 g/mol. The van der Waals surface area contributed by atoms with Gasteiger partial charge in [0.1, 0.15) is 0 Å². The van der Waals surface area contributed by atoms with Crippen molar-refractivity contribution in [2.75, 3.05) is 5.32 Å². The summed E-state index contributed by atoms with van der Waals surface area (Å²) in [7, 11) is 0. The lowest BCUT2D eigenvalue weighted by Crippen LogP contribution is -2.23. The lowest BCUT2D eigenvalue weighted by atomic mass is 10.1. The molecule has 0 radical (unpaired) electrons. The lowest BCUT2D eigenvalue weighted by Gasteiger charge is -2.11. The topological polar surface area (TPSA) is 62.0 Å². The fourth-order valence-corrected chi connectivity index (χ4v) is 2.61. The van der Waals surface area contributed by atoms with Gasteiger partial charge < -0.3 is 10.3 Å². The van der Waals surface area contributed by atoms with E-state index >= 15 is 0 Å². The molecule has 0 fully saturated rings. The zero-order chi connectivity index (χ0) is 18.2. The summed E-state index contributed by atoms with van der Waals surface area (Å²) in [5, 5.41) is 2.23. The summed E-state index contributed by atoms with van der Waals surface area (Å²) >= 11 is 5.52. The second kappa shape index (κ2) is 6.25. The number of nitrogens with one attached hydrogen (secondary N) is 2. The summed E-state index contributed by atoms with van der Waals surface area (Å²) in [6, 6.07) is 9.76. The molecule has 0 aliphatic rings. The number of aromatic nitrogens is 1. The van der Waals surface area contributed by atoms with Crippen LogP contribution in [0.2, 0.25) is 5.02 Å². The lowest BCUT2D eigenvalue weighted by molar-refractivity contribution is -0.137. The highest BCUT2D eigenvalue weighted by Gasteiger charge is 2.33. The van der Waals surface area contributed by atoms with Crippen molar-refractivity contribution in [1.29, 1.82) is 0 Å². The number of carbonyl (C=O) groups excluding carboxylic acids is 2. The first-order valence-corrected chi connectivity index (χ1v) is 7.43. The highest BCUT2D eigenvalue weighted by molar-refractivity contribution is 6.48. The summed E-state index contributed by atoms with van der Waals surface area (Å²) in [4.78, 5) is 27.3. The molecular formula is C17H10ClF3N2O2. The molecule has 1 heterocycles. The van der Waals surface area contributed by atoms with Crippen LogP contribution in [0.3, 0.4) is 0 Å². The van der Waals surface area contributed by atoms with Crippen LogP contribution in [0.1, 0.15) is 15.9 Å². The second-order valence-electron chi connectivity index (χ2n) is 5.22. The van der Waals surface area contributed by atoms with Crippen LogP contribution < -0.4 is 5.32 Å². The maximum atomic E-state index is 12.9. The molecule has 8 heteroatoms. The van der Waals surface area contributed by atoms with Crippen molar-refractivity contribution in [2.24, 2.45) is 0 Å². The Hall–Kier alpha value is -2.80. The molecule has 25 heavy (non-hydrogen) atoms. The fourth-order valence-electron chi connectivity index (χ4n) is 2.39. The molecule has 1 aromatic heterocycles. The Bertz CT molecular complexity index is 979. The Balaban J connectivity index is 1.86. The van der Waals surface area contributed by atoms with Crippen molar-refractivity contribution in [3.05, 3.63) is 64.8 Å². The van der Waals surface area contributed by atoms with Crippen molar-refractivity contribution in [3.63, 3.8) is 0 Å². The monoisotopic (exact) mass is 366 g/mol. The van der Waals surface area contributed by atoms with Gasteiger partial charge in [-0.3, -0.25) is 9.59 Å². The van der Waals surface area contributed by atoms with E-state index in [4.69, 9.17) is 11.6 Å². The quantitative estimate of drug-likeness (QED) is 0.523. The van der Waals surface area contributed by atoms with E-state index in [0.717, 1.165) is 6.07 Å². The van der Waals surface area contributed by atoms with Crippen LogP contribution in [0.15, 0.2) is 48.7 Å². The maximum absolute atomic E-state index is 12.9. The molecule has 128 valence electrons. The highest BCUT2D eigenvalue weighted by atomic mass is 35.5. The standard InChI is InChI=1S/C17H10ClF3N2O2/c18-13-6-5-9(7-12(13)17(19,20)21)23-16(25)15(24)11-8-22-14-4-2-1-3-10(11)14/h1-8,22H,(H,23,25). The molecule has 2 aromatic carbocycles.